The van der Waals surface area contributed by atoms with Gasteiger partial charge in [-0.15, -0.1) is 0 Å². The molecule has 69 heavy (non-hydrogen) atoms. The first-order valence-corrected chi connectivity index (χ1v) is 28.4. The maximum absolute atomic E-state index is 12.8. The van der Waals surface area contributed by atoms with Crippen LogP contribution in [0.1, 0.15) is 252 Å². The molecule has 1 unspecified atom stereocenters. The zero-order valence-corrected chi connectivity index (χ0v) is 44.8. The molecule has 0 saturated heterocycles. The summed E-state index contributed by atoms with van der Waals surface area (Å²) >= 11 is 0. The van der Waals surface area contributed by atoms with Gasteiger partial charge in [-0.2, -0.15) is 0 Å². The zero-order chi connectivity index (χ0) is 50.0. The average molecular weight is 958 g/mol. The molecule has 0 heterocycles. The van der Waals surface area contributed by atoms with E-state index in [2.05, 4.69) is 130 Å². The molecule has 0 amide bonds. The number of hydrogen-bond acceptors (Lipinski definition) is 6. The van der Waals surface area contributed by atoms with Gasteiger partial charge < -0.3 is 14.2 Å². The second-order valence-corrected chi connectivity index (χ2v) is 18.5. The topological polar surface area (TPSA) is 78.9 Å². The van der Waals surface area contributed by atoms with Crippen LogP contribution < -0.4 is 0 Å². The zero-order valence-electron chi connectivity index (χ0n) is 44.8. The van der Waals surface area contributed by atoms with E-state index in [-0.39, 0.29) is 31.1 Å². The Morgan fingerprint density at radius 2 is 0.565 bits per heavy atom. The minimum absolute atomic E-state index is 0.0863. The summed E-state index contributed by atoms with van der Waals surface area (Å²) in [4.78, 5) is 37.8. The monoisotopic (exact) mass is 957 g/mol. The summed E-state index contributed by atoms with van der Waals surface area (Å²) in [5.74, 6) is -0.921. The van der Waals surface area contributed by atoms with E-state index >= 15 is 0 Å². The summed E-state index contributed by atoms with van der Waals surface area (Å²) in [7, 11) is 0. The molecule has 0 N–H and O–H groups in total. The first-order valence-electron chi connectivity index (χ1n) is 28.4. The SMILES string of the molecule is CC/C=C\C/C=C\C/C=C\C/C=C\C/C=C\C/C=C\C/C=C\CCCCCCCCCC(=O)OCC(COC(=O)CCCCCCC)OC(=O)CCCCCCCCC/C=C\C/C=C\CCCCC. The molecule has 0 fully saturated rings. The van der Waals surface area contributed by atoms with Crippen LogP contribution in [0.2, 0.25) is 0 Å². The van der Waals surface area contributed by atoms with E-state index in [1.807, 2.05) is 0 Å². The van der Waals surface area contributed by atoms with Crippen molar-refractivity contribution in [3.63, 3.8) is 0 Å². The number of rotatable bonds is 50. The first kappa shape index (κ1) is 65.1. The van der Waals surface area contributed by atoms with Gasteiger partial charge in [0.05, 0.1) is 0 Å². The van der Waals surface area contributed by atoms with Gasteiger partial charge in [-0.3, -0.25) is 14.4 Å². The highest BCUT2D eigenvalue weighted by molar-refractivity contribution is 5.71. The van der Waals surface area contributed by atoms with Gasteiger partial charge in [-0.05, 0) is 109 Å². The third-order valence-corrected chi connectivity index (χ3v) is 11.8. The number of carbonyl (C=O) groups is 3. The minimum Gasteiger partial charge on any atom is -0.462 e. The number of esters is 3. The maximum atomic E-state index is 12.8. The molecule has 0 aromatic rings. The van der Waals surface area contributed by atoms with Crippen LogP contribution in [0.15, 0.2) is 109 Å². The van der Waals surface area contributed by atoms with E-state index in [0.717, 1.165) is 128 Å². The Balaban J connectivity index is 4.14. The van der Waals surface area contributed by atoms with Crippen LogP contribution in [-0.2, 0) is 28.6 Å². The van der Waals surface area contributed by atoms with E-state index in [0.29, 0.717) is 19.3 Å². The Bertz CT molecular complexity index is 1420. The van der Waals surface area contributed by atoms with E-state index < -0.39 is 6.10 Å². The molecule has 0 bridgehead atoms. The second kappa shape index (κ2) is 56.7. The standard InChI is InChI=1S/C63H104O6/c1-4-7-10-13-15-17-19-21-23-25-26-27-28-29-30-31-32-33-34-35-36-38-39-41-43-45-47-50-53-56-62(65)68-59-60(58-67-61(64)55-52-49-12-9-6-3)69-63(66)57-54-51-48-46-44-42-40-37-24-22-20-18-16-14-11-8-5-2/h7,10,15-18,21-24,26-27,29-30,32-33,35-36,60H,4-6,8-9,11-14,19-20,25,28,31,34,37-59H2,1-3H3/b10-7-,17-15-,18-16-,23-21-,24-22-,27-26-,30-29-,33-32-,36-35-. The van der Waals surface area contributed by atoms with Gasteiger partial charge in [0.15, 0.2) is 6.10 Å². The van der Waals surface area contributed by atoms with E-state index in [9.17, 15) is 14.4 Å². The molecule has 6 nitrogen and oxygen atoms in total. The van der Waals surface area contributed by atoms with Crippen molar-refractivity contribution in [2.75, 3.05) is 13.2 Å². The normalized spacial score (nSPS) is 12.9. The molecular weight excluding hydrogens is 853 g/mol. The molecule has 0 aliphatic heterocycles. The van der Waals surface area contributed by atoms with Gasteiger partial charge in [-0.1, -0.05) is 233 Å². The van der Waals surface area contributed by atoms with Gasteiger partial charge >= 0.3 is 17.9 Å². The van der Waals surface area contributed by atoms with Crippen molar-refractivity contribution in [2.45, 2.75) is 258 Å². The second-order valence-electron chi connectivity index (χ2n) is 18.5. The predicted octanol–water partition coefficient (Wildman–Crippen LogP) is 19.1. The lowest BCUT2D eigenvalue weighted by Gasteiger charge is -2.18. The smallest absolute Gasteiger partial charge is 0.306 e. The molecule has 392 valence electrons. The third-order valence-electron chi connectivity index (χ3n) is 11.8. The Morgan fingerprint density at radius 1 is 0.304 bits per heavy atom. The van der Waals surface area contributed by atoms with Crippen LogP contribution in [-0.4, -0.2) is 37.2 Å². The quantitative estimate of drug-likeness (QED) is 0.0262. The van der Waals surface area contributed by atoms with E-state index in [4.69, 9.17) is 14.2 Å². The Kier molecular flexibility index (Phi) is 53.4. The molecule has 6 heteroatoms. The average Bonchev–Trinajstić information content (AvgIpc) is 3.35. The van der Waals surface area contributed by atoms with Crippen LogP contribution in [0, 0.1) is 0 Å². The molecule has 0 saturated carbocycles. The molecule has 0 aliphatic rings. The highest BCUT2D eigenvalue weighted by Crippen LogP contribution is 2.14. The highest BCUT2D eigenvalue weighted by atomic mass is 16.6. The number of allylic oxidation sites excluding steroid dienone is 18. The Morgan fingerprint density at radius 3 is 0.913 bits per heavy atom. The molecule has 0 spiro atoms. The largest absolute Gasteiger partial charge is 0.462 e. The Hall–Kier alpha value is -3.93. The summed E-state index contributed by atoms with van der Waals surface area (Å²) in [6.07, 6.45) is 76.9. The minimum atomic E-state index is -0.784. The Labute approximate surface area is 425 Å². The highest BCUT2D eigenvalue weighted by Gasteiger charge is 2.19. The van der Waals surface area contributed by atoms with Gasteiger partial charge in [0.2, 0.25) is 0 Å². The lowest BCUT2D eigenvalue weighted by Crippen LogP contribution is -2.30. The predicted molar refractivity (Wildman–Crippen MR) is 297 cm³/mol. The van der Waals surface area contributed by atoms with E-state index in [1.54, 1.807) is 0 Å². The van der Waals surface area contributed by atoms with Crippen LogP contribution >= 0.6 is 0 Å². The molecule has 0 radical (unpaired) electrons. The third kappa shape index (κ3) is 54.9. The summed E-state index contributed by atoms with van der Waals surface area (Å²) in [5, 5.41) is 0. The molecule has 0 aliphatic carbocycles. The van der Waals surface area contributed by atoms with Crippen molar-refractivity contribution in [1.29, 1.82) is 0 Å². The van der Waals surface area contributed by atoms with Crippen LogP contribution in [0.3, 0.4) is 0 Å². The van der Waals surface area contributed by atoms with Crippen molar-refractivity contribution >= 4 is 17.9 Å². The first-order chi connectivity index (χ1) is 34.0. The number of carbonyl (C=O) groups excluding carboxylic acids is 3. The summed E-state index contributed by atoms with van der Waals surface area (Å²) in [5.41, 5.74) is 0. The van der Waals surface area contributed by atoms with Crippen molar-refractivity contribution in [1.82, 2.24) is 0 Å². The van der Waals surface area contributed by atoms with E-state index in [1.165, 1.54) is 83.5 Å². The van der Waals surface area contributed by atoms with Crippen LogP contribution in [0.25, 0.3) is 0 Å². The van der Waals surface area contributed by atoms with Crippen molar-refractivity contribution in [3.05, 3.63) is 109 Å². The fourth-order valence-electron chi connectivity index (χ4n) is 7.51. The summed E-state index contributed by atoms with van der Waals surface area (Å²) in [6.45, 7) is 6.40. The number of unbranched alkanes of at least 4 members (excludes halogenated alkanes) is 21. The summed E-state index contributed by atoms with van der Waals surface area (Å²) in [6, 6.07) is 0. The van der Waals surface area contributed by atoms with Crippen molar-refractivity contribution < 1.29 is 28.6 Å². The van der Waals surface area contributed by atoms with Gasteiger partial charge in [-0.25, -0.2) is 0 Å². The maximum Gasteiger partial charge on any atom is 0.306 e. The molecule has 0 aromatic heterocycles. The fraction of sp³-hybridized carbons (Fsp3) is 0.667. The molecule has 0 aromatic carbocycles. The molecule has 1 atom stereocenters. The number of ether oxygens (including phenoxy) is 3. The number of hydrogen-bond donors (Lipinski definition) is 0. The van der Waals surface area contributed by atoms with Gasteiger partial charge in [0.1, 0.15) is 13.2 Å². The molecule has 0 rings (SSSR count). The van der Waals surface area contributed by atoms with Crippen molar-refractivity contribution in [2.24, 2.45) is 0 Å². The lowest BCUT2D eigenvalue weighted by atomic mass is 10.1. The van der Waals surface area contributed by atoms with Crippen molar-refractivity contribution in [3.8, 4) is 0 Å². The van der Waals surface area contributed by atoms with Gasteiger partial charge in [0, 0.05) is 19.3 Å². The van der Waals surface area contributed by atoms with Crippen LogP contribution in [0.5, 0.6) is 0 Å². The van der Waals surface area contributed by atoms with Crippen LogP contribution in [0.4, 0.5) is 0 Å². The molecular formula is C63H104O6. The lowest BCUT2D eigenvalue weighted by molar-refractivity contribution is -0.167. The van der Waals surface area contributed by atoms with Gasteiger partial charge in [0.25, 0.3) is 0 Å². The summed E-state index contributed by atoms with van der Waals surface area (Å²) < 4.78 is 16.7. The fourth-order valence-corrected chi connectivity index (χ4v) is 7.51.